The first kappa shape index (κ1) is 18.5. The molecule has 0 aromatic heterocycles. The second-order valence-electron chi connectivity index (χ2n) is 6.37. The third-order valence-electron chi connectivity index (χ3n) is 4.33. The molecule has 0 aliphatic carbocycles. The number of hydrogen-bond donors (Lipinski definition) is 1. The van der Waals surface area contributed by atoms with Gasteiger partial charge in [-0.25, -0.2) is 0 Å². The summed E-state index contributed by atoms with van der Waals surface area (Å²) in [6.07, 6.45) is -0.764. The summed E-state index contributed by atoms with van der Waals surface area (Å²) in [4.78, 5) is 27.6. The Hall–Kier alpha value is -3.24. The second-order valence-corrected chi connectivity index (χ2v) is 6.37. The van der Waals surface area contributed by atoms with Crippen LogP contribution in [0.1, 0.15) is 26.3 Å². The van der Waals surface area contributed by atoms with Crippen LogP contribution in [0.2, 0.25) is 0 Å². The van der Waals surface area contributed by atoms with Gasteiger partial charge in [0.05, 0.1) is 0 Å². The molecule has 0 unspecified atom stereocenters. The van der Waals surface area contributed by atoms with Crippen LogP contribution in [0.4, 0.5) is 0 Å². The van der Waals surface area contributed by atoms with Crippen LogP contribution in [0, 0.1) is 0 Å². The van der Waals surface area contributed by atoms with Crippen LogP contribution in [0.5, 0.6) is 0 Å². The lowest BCUT2D eigenvalue weighted by molar-refractivity contribution is 0.0718. The topological polar surface area (TPSA) is 49.4 Å². The third-order valence-corrected chi connectivity index (χ3v) is 4.33. The molecule has 0 heterocycles. The number of rotatable bonds is 7. The Labute approximate surface area is 159 Å². The van der Waals surface area contributed by atoms with E-state index in [2.05, 4.69) is 5.32 Å². The highest BCUT2D eigenvalue weighted by Gasteiger charge is 2.26. The Morgan fingerprint density at radius 2 is 1.26 bits per heavy atom. The standard InChI is InChI=1S/C23H22N2O2/c1-25(17-18-11-5-2-6-12-18)22(21(26)19-13-7-3-8-14-19)24-23(27)20-15-9-4-10-16-20/h2-16,22H,17H2,1H3,(H,24,27)/t22-/m1/s1. The number of carbonyl (C=O) groups is 2. The molecule has 0 bridgehead atoms. The number of likely N-dealkylation sites (N-methyl/N-ethyl adjacent to an activating group) is 1. The smallest absolute Gasteiger partial charge is 0.252 e. The summed E-state index contributed by atoms with van der Waals surface area (Å²) in [7, 11) is 1.84. The number of ketones is 1. The average Bonchev–Trinajstić information content (AvgIpc) is 2.73. The zero-order chi connectivity index (χ0) is 19.1. The van der Waals surface area contributed by atoms with Gasteiger partial charge in [-0.05, 0) is 24.7 Å². The molecule has 1 atom stereocenters. The van der Waals surface area contributed by atoms with Crippen LogP contribution in [-0.4, -0.2) is 29.8 Å². The average molecular weight is 358 g/mol. The van der Waals surface area contributed by atoms with E-state index < -0.39 is 6.17 Å². The van der Waals surface area contributed by atoms with E-state index in [-0.39, 0.29) is 11.7 Å². The normalized spacial score (nSPS) is 11.8. The molecule has 0 fully saturated rings. The minimum Gasteiger partial charge on any atom is -0.329 e. The van der Waals surface area contributed by atoms with E-state index in [4.69, 9.17) is 0 Å². The van der Waals surface area contributed by atoms with Gasteiger partial charge < -0.3 is 5.32 Å². The van der Waals surface area contributed by atoms with Gasteiger partial charge in [-0.3, -0.25) is 14.5 Å². The lowest BCUT2D eigenvalue weighted by Gasteiger charge is -2.28. The fraction of sp³-hybridized carbons (Fsp3) is 0.130. The quantitative estimate of drug-likeness (QED) is 0.517. The first-order valence-corrected chi connectivity index (χ1v) is 8.84. The first-order chi connectivity index (χ1) is 13.1. The van der Waals surface area contributed by atoms with E-state index >= 15 is 0 Å². The van der Waals surface area contributed by atoms with Gasteiger partial charge in [0.25, 0.3) is 5.91 Å². The van der Waals surface area contributed by atoms with Gasteiger partial charge in [0.2, 0.25) is 0 Å². The molecule has 1 amide bonds. The number of nitrogens with zero attached hydrogens (tertiary/aromatic N) is 1. The summed E-state index contributed by atoms with van der Waals surface area (Å²) >= 11 is 0. The highest BCUT2D eigenvalue weighted by Crippen LogP contribution is 2.11. The van der Waals surface area contributed by atoms with Gasteiger partial charge in [-0.1, -0.05) is 78.9 Å². The van der Waals surface area contributed by atoms with E-state index in [0.29, 0.717) is 17.7 Å². The van der Waals surface area contributed by atoms with Gasteiger partial charge in [0.15, 0.2) is 5.78 Å². The van der Waals surface area contributed by atoms with Crippen LogP contribution in [0.3, 0.4) is 0 Å². The zero-order valence-electron chi connectivity index (χ0n) is 15.2. The van der Waals surface area contributed by atoms with Crippen LogP contribution >= 0.6 is 0 Å². The molecule has 4 nitrogen and oxygen atoms in total. The molecule has 3 aromatic rings. The van der Waals surface area contributed by atoms with E-state index in [1.807, 2.05) is 66.5 Å². The second kappa shape index (κ2) is 8.92. The number of benzene rings is 3. The molecule has 0 spiro atoms. The van der Waals surface area contributed by atoms with Crippen LogP contribution in [-0.2, 0) is 6.54 Å². The van der Waals surface area contributed by atoms with Crippen LogP contribution < -0.4 is 5.32 Å². The summed E-state index contributed by atoms with van der Waals surface area (Å²) in [6.45, 7) is 0.541. The predicted octanol–water partition coefficient (Wildman–Crippen LogP) is 3.76. The molecule has 0 saturated carbocycles. The van der Waals surface area contributed by atoms with Crippen molar-refractivity contribution in [3.8, 4) is 0 Å². The fourth-order valence-corrected chi connectivity index (χ4v) is 2.90. The Morgan fingerprint density at radius 1 is 0.778 bits per heavy atom. The van der Waals surface area contributed by atoms with Gasteiger partial charge in [0.1, 0.15) is 6.17 Å². The fourth-order valence-electron chi connectivity index (χ4n) is 2.90. The Balaban J connectivity index is 1.84. The summed E-state index contributed by atoms with van der Waals surface area (Å²) in [6, 6.07) is 27.8. The van der Waals surface area contributed by atoms with E-state index in [1.165, 1.54) is 0 Å². The van der Waals surface area contributed by atoms with Crippen molar-refractivity contribution in [2.75, 3.05) is 7.05 Å². The molecular formula is C23H22N2O2. The van der Waals surface area contributed by atoms with Gasteiger partial charge in [-0.2, -0.15) is 0 Å². The van der Waals surface area contributed by atoms with Crippen LogP contribution in [0.25, 0.3) is 0 Å². The van der Waals surface area contributed by atoms with Crippen molar-refractivity contribution in [2.24, 2.45) is 0 Å². The number of nitrogens with one attached hydrogen (secondary N) is 1. The molecular weight excluding hydrogens is 336 g/mol. The first-order valence-electron chi connectivity index (χ1n) is 8.84. The van der Waals surface area contributed by atoms with Gasteiger partial charge >= 0.3 is 0 Å². The molecule has 136 valence electrons. The Morgan fingerprint density at radius 3 is 1.81 bits per heavy atom. The monoisotopic (exact) mass is 358 g/mol. The predicted molar refractivity (Wildman–Crippen MR) is 106 cm³/mol. The Bertz CT molecular complexity index is 880. The van der Waals surface area contributed by atoms with Gasteiger partial charge in [-0.15, -0.1) is 0 Å². The maximum Gasteiger partial charge on any atom is 0.252 e. The van der Waals surface area contributed by atoms with Crippen LogP contribution in [0.15, 0.2) is 91.0 Å². The molecule has 3 aromatic carbocycles. The number of Topliss-reactive ketones (excluding diaryl/α,β-unsaturated/α-hetero) is 1. The molecule has 3 rings (SSSR count). The zero-order valence-corrected chi connectivity index (χ0v) is 15.2. The number of amides is 1. The minimum absolute atomic E-state index is 0.140. The summed E-state index contributed by atoms with van der Waals surface area (Å²) in [5.41, 5.74) is 2.16. The summed E-state index contributed by atoms with van der Waals surface area (Å²) < 4.78 is 0. The van der Waals surface area contributed by atoms with Crippen molar-refractivity contribution >= 4 is 11.7 Å². The molecule has 0 aliphatic rings. The molecule has 0 radical (unpaired) electrons. The lowest BCUT2D eigenvalue weighted by Crippen LogP contribution is -2.51. The van der Waals surface area contributed by atoms with Crippen molar-refractivity contribution in [3.63, 3.8) is 0 Å². The van der Waals surface area contributed by atoms with Crippen molar-refractivity contribution in [1.29, 1.82) is 0 Å². The van der Waals surface area contributed by atoms with Crippen molar-refractivity contribution in [2.45, 2.75) is 12.7 Å². The highest BCUT2D eigenvalue weighted by atomic mass is 16.2. The minimum atomic E-state index is -0.764. The van der Waals surface area contributed by atoms with Crippen molar-refractivity contribution < 1.29 is 9.59 Å². The maximum absolute atomic E-state index is 13.1. The van der Waals surface area contributed by atoms with E-state index in [0.717, 1.165) is 5.56 Å². The Kier molecular flexibility index (Phi) is 6.13. The third kappa shape index (κ3) is 4.90. The number of carbonyl (C=O) groups excluding carboxylic acids is 2. The highest BCUT2D eigenvalue weighted by molar-refractivity contribution is 6.04. The van der Waals surface area contributed by atoms with Gasteiger partial charge in [0, 0.05) is 17.7 Å². The van der Waals surface area contributed by atoms with Crippen molar-refractivity contribution in [3.05, 3.63) is 108 Å². The SMILES string of the molecule is CN(Cc1ccccc1)[C@@H](NC(=O)c1ccccc1)C(=O)c1ccccc1. The largest absolute Gasteiger partial charge is 0.329 e. The number of hydrogen-bond acceptors (Lipinski definition) is 3. The molecule has 0 aliphatic heterocycles. The summed E-state index contributed by atoms with van der Waals surface area (Å²) in [5.74, 6) is -0.414. The van der Waals surface area contributed by atoms with Crippen molar-refractivity contribution in [1.82, 2.24) is 10.2 Å². The molecule has 0 saturated heterocycles. The molecule has 27 heavy (non-hydrogen) atoms. The molecule has 4 heteroatoms. The summed E-state index contributed by atoms with van der Waals surface area (Å²) in [5, 5.41) is 2.89. The van der Waals surface area contributed by atoms with E-state index in [9.17, 15) is 9.59 Å². The lowest BCUT2D eigenvalue weighted by atomic mass is 10.1. The maximum atomic E-state index is 13.1. The molecule has 1 N–H and O–H groups in total. The van der Waals surface area contributed by atoms with E-state index in [1.54, 1.807) is 36.4 Å².